The van der Waals surface area contributed by atoms with Gasteiger partial charge < -0.3 is 15.2 Å². The molecule has 2 rings (SSSR count). The number of hydrogen-bond acceptors (Lipinski definition) is 5. The third-order valence-electron chi connectivity index (χ3n) is 2.70. The summed E-state index contributed by atoms with van der Waals surface area (Å²) in [7, 11) is 0. The van der Waals surface area contributed by atoms with Crippen LogP contribution in [0.5, 0.6) is 0 Å². The molecule has 0 aliphatic rings. The molecule has 0 unspecified atom stereocenters. The highest BCUT2D eigenvalue weighted by molar-refractivity contribution is 5.94. The fraction of sp³-hybridized carbons (Fsp3) is 0.357. The van der Waals surface area contributed by atoms with Crippen LogP contribution >= 0.6 is 0 Å². The van der Waals surface area contributed by atoms with Gasteiger partial charge in [-0.05, 0) is 30.7 Å². The Balaban J connectivity index is 1.88. The Kier molecular flexibility index (Phi) is 4.70. The molecular weight excluding hydrogens is 256 g/mol. The SMILES string of the molecule is CCCNc1ccc(C(=O)NCc2noc(C)n2)cc1. The summed E-state index contributed by atoms with van der Waals surface area (Å²) in [6, 6.07) is 7.36. The number of benzene rings is 1. The van der Waals surface area contributed by atoms with Crippen LogP contribution in [0, 0.1) is 6.92 Å². The number of nitrogens with zero attached hydrogens (tertiary/aromatic N) is 2. The molecule has 0 aliphatic heterocycles. The number of carbonyl (C=O) groups excluding carboxylic acids is 1. The van der Waals surface area contributed by atoms with E-state index in [1.807, 2.05) is 12.1 Å². The van der Waals surface area contributed by atoms with Gasteiger partial charge in [-0.15, -0.1) is 0 Å². The van der Waals surface area contributed by atoms with Crippen molar-refractivity contribution in [3.05, 3.63) is 41.5 Å². The number of rotatable bonds is 6. The van der Waals surface area contributed by atoms with Crippen LogP contribution < -0.4 is 10.6 Å². The van der Waals surface area contributed by atoms with Crippen LogP contribution in [0.1, 0.15) is 35.4 Å². The van der Waals surface area contributed by atoms with Gasteiger partial charge >= 0.3 is 0 Å². The van der Waals surface area contributed by atoms with Crippen LogP contribution in [0.3, 0.4) is 0 Å². The number of amides is 1. The van der Waals surface area contributed by atoms with E-state index >= 15 is 0 Å². The first-order valence-electron chi connectivity index (χ1n) is 6.60. The molecule has 0 fully saturated rings. The monoisotopic (exact) mass is 274 g/mol. The molecule has 6 nitrogen and oxygen atoms in total. The van der Waals surface area contributed by atoms with E-state index in [2.05, 4.69) is 27.7 Å². The fourth-order valence-corrected chi connectivity index (χ4v) is 1.68. The van der Waals surface area contributed by atoms with Crippen molar-refractivity contribution < 1.29 is 9.32 Å². The van der Waals surface area contributed by atoms with Crippen molar-refractivity contribution in [2.75, 3.05) is 11.9 Å². The molecule has 6 heteroatoms. The molecule has 20 heavy (non-hydrogen) atoms. The van der Waals surface area contributed by atoms with Gasteiger partial charge in [0, 0.05) is 24.7 Å². The molecule has 1 amide bonds. The molecule has 0 spiro atoms. The molecule has 0 saturated carbocycles. The van der Waals surface area contributed by atoms with E-state index < -0.39 is 0 Å². The maximum atomic E-state index is 11.9. The Hall–Kier alpha value is -2.37. The van der Waals surface area contributed by atoms with E-state index in [0.29, 0.717) is 17.3 Å². The molecule has 0 aliphatic carbocycles. The van der Waals surface area contributed by atoms with Crippen molar-refractivity contribution in [1.29, 1.82) is 0 Å². The Labute approximate surface area is 117 Å². The van der Waals surface area contributed by atoms with Crippen LogP contribution in [0.15, 0.2) is 28.8 Å². The summed E-state index contributed by atoms with van der Waals surface area (Å²) in [5, 5.41) is 9.72. The molecule has 1 heterocycles. The lowest BCUT2D eigenvalue weighted by Crippen LogP contribution is -2.23. The summed E-state index contributed by atoms with van der Waals surface area (Å²) in [6.45, 7) is 4.99. The third kappa shape index (κ3) is 3.81. The van der Waals surface area contributed by atoms with Gasteiger partial charge in [0.2, 0.25) is 5.89 Å². The number of carbonyl (C=O) groups is 1. The first-order valence-corrected chi connectivity index (χ1v) is 6.60. The van der Waals surface area contributed by atoms with Crippen LogP contribution in [-0.2, 0) is 6.54 Å². The smallest absolute Gasteiger partial charge is 0.251 e. The molecule has 2 aromatic rings. The van der Waals surface area contributed by atoms with E-state index in [1.165, 1.54) is 0 Å². The molecule has 0 saturated heterocycles. The predicted octanol–water partition coefficient (Wildman–Crippen LogP) is 2.13. The summed E-state index contributed by atoms with van der Waals surface area (Å²) >= 11 is 0. The number of aryl methyl sites for hydroxylation is 1. The summed E-state index contributed by atoms with van der Waals surface area (Å²) in [5.74, 6) is 0.798. The molecule has 0 radical (unpaired) electrons. The number of aromatic nitrogens is 2. The molecule has 106 valence electrons. The minimum Gasteiger partial charge on any atom is -0.385 e. The van der Waals surface area contributed by atoms with Gasteiger partial charge in [0.25, 0.3) is 5.91 Å². The van der Waals surface area contributed by atoms with Gasteiger partial charge in [0.1, 0.15) is 0 Å². The Morgan fingerprint density at radius 3 is 2.65 bits per heavy atom. The van der Waals surface area contributed by atoms with Crippen molar-refractivity contribution in [2.24, 2.45) is 0 Å². The number of hydrogen-bond donors (Lipinski definition) is 2. The van der Waals surface area contributed by atoms with Gasteiger partial charge in [-0.2, -0.15) is 4.98 Å². The van der Waals surface area contributed by atoms with Crippen LogP contribution in [0.25, 0.3) is 0 Å². The van der Waals surface area contributed by atoms with E-state index in [4.69, 9.17) is 4.52 Å². The Morgan fingerprint density at radius 1 is 1.30 bits per heavy atom. The van der Waals surface area contributed by atoms with E-state index in [-0.39, 0.29) is 12.5 Å². The van der Waals surface area contributed by atoms with Gasteiger partial charge in [-0.1, -0.05) is 12.1 Å². The summed E-state index contributed by atoms with van der Waals surface area (Å²) in [5.41, 5.74) is 1.62. The fourth-order valence-electron chi connectivity index (χ4n) is 1.68. The van der Waals surface area contributed by atoms with Gasteiger partial charge in [0.15, 0.2) is 5.82 Å². The van der Waals surface area contributed by atoms with Crippen LogP contribution in [0.2, 0.25) is 0 Å². The maximum Gasteiger partial charge on any atom is 0.251 e. The molecule has 1 aromatic heterocycles. The zero-order valence-electron chi connectivity index (χ0n) is 11.6. The molecular formula is C14H18N4O2. The number of anilines is 1. The zero-order chi connectivity index (χ0) is 14.4. The summed E-state index contributed by atoms with van der Waals surface area (Å²) in [4.78, 5) is 16.0. The van der Waals surface area contributed by atoms with Crippen LogP contribution in [0.4, 0.5) is 5.69 Å². The average molecular weight is 274 g/mol. The average Bonchev–Trinajstić information content (AvgIpc) is 2.89. The lowest BCUT2D eigenvalue weighted by molar-refractivity contribution is 0.0949. The first kappa shape index (κ1) is 14.0. The quantitative estimate of drug-likeness (QED) is 0.843. The van der Waals surface area contributed by atoms with Crippen molar-refractivity contribution in [1.82, 2.24) is 15.5 Å². The van der Waals surface area contributed by atoms with Crippen LogP contribution in [-0.4, -0.2) is 22.6 Å². The highest BCUT2D eigenvalue weighted by Crippen LogP contribution is 2.09. The second-order valence-corrected chi connectivity index (χ2v) is 4.42. The van der Waals surface area contributed by atoms with E-state index in [0.717, 1.165) is 18.7 Å². The van der Waals surface area contributed by atoms with Crippen molar-refractivity contribution in [3.8, 4) is 0 Å². The first-order chi connectivity index (χ1) is 9.69. The molecule has 1 aromatic carbocycles. The highest BCUT2D eigenvalue weighted by atomic mass is 16.5. The van der Waals surface area contributed by atoms with E-state index in [1.54, 1.807) is 19.1 Å². The lowest BCUT2D eigenvalue weighted by atomic mass is 10.2. The zero-order valence-corrected chi connectivity index (χ0v) is 11.6. The summed E-state index contributed by atoms with van der Waals surface area (Å²) in [6.07, 6.45) is 1.06. The highest BCUT2D eigenvalue weighted by Gasteiger charge is 2.07. The lowest BCUT2D eigenvalue weighted by Gasteiger charge is -2.06. The summed E-state index contributed by atoms with van der Waals surface area (Å²) < 4.78 is 4.84. The molecule has 2 N–H and O–H groups in total. The van der Waals surface area contributed by atoms with Crippen molar-refractivity contribution >= 4 is 11.6 Å². The predicted molar refractivity (Wildman–Crippen MR) is 75.4 cm³/mol. The van der Waals surface area contributed by atoms with Crippen molar-refractivity contribution in [2.45, 2.75) is 26.8 Å². The van der Waals surface area contributed by atoms with Gasteiger partial charge in [-0.25, -0.2) is 0 Å². The molecule has 0 atom stereocenters. The second kappa shape index (κ2) is 6.70. The minimum atomic E-state index is -0.158. The van der Waals surface area contributed by atoms with Crippen molar-refractivity contribution in [3.63, 3.8) is 0 Å². The number of nitrogens with one attached hydrogen (secondary N) is 2. The topological polar surface area (TPSA) is 80.0 Å². The Morgan fingerprint density at radius 2 is 2.05 bits per heavy atom. The third-order valence-corrected chi connectivity index (χ3v) is 2.70. The Bertz CT molecular complexity index is 563. The van der Waals surface area contributed by atoms with Gasteiger partial charge in [-0.3, -0.25) is 4.79 Å². The standard InChI is InChI=1S/C14H18N4O2/c1-3-8-15-12-6-4-11(5-7-12)14(19)16-9-13-17-10(2)20-18-13/h4-7,15H,3,8-9H2,1-2H3,(H,16,19). The minimum absolute atomic E-state index is 0.158. The normalized spacial score (nSPS) is 10.3. The van der Waals surface area contributed by atoms with Gasteiger partial charge in [0.05, 0.1) is 6.54 Å². The van der Waals surface area contributed by atoms with E-state index in [9.17, 15) is 4.79 Å². The second-order valence-electron chi connectivity index (χ2n) is 4.42. The largest absolute Gasteiger partial charge is 0.385 e. The molecule has 0 bridgehead atoms. The maximum absolute atomic E-state index is 11.9.